The lowest BCUT2D eigenvalue weighted by atomic mass is 9.81. The van der Waals surface area contributed by atoms with Gasteiger partial charge in [0.2, 0.25) is 0 Å². The van der Waals surface area contributed by atoms with E-state index in [1.807, 2.05) is 79.0 Å². The Bertz CT molecular complexity index is 1800. The van der Waals surface area contributed by atoms with Crippen LogP contribution in [0.25, 0.3) is 38.7 Å². The number of aryl methyl sites for hydroxylation is 1. The predicted molar refractivity (Wildman–Crippen MR) is 144 cm³/mol. The van der Waals surface area contributed by atoms with Gasteiger partial charge in [-0.25, -0.2) is 17.9 Å². The molecule has 0 saturated heterocycles. The number of carbonyl (C=O) groups excluding carboxylic acids is 1. The number of carbonyl (C=O) groups is 1. The molecule has 0 aliphatic heterocycles. The van der Waals surface area contributed by atoms with E-state index in [1.54, 1.807) is 10.7 Å². The number of ether oxygens (including phenoxy) is 1. The third kappa shape index (κ3) is 3.83. The summed E-state index contributed by atoms with van der Waals surface area (Å²) in [6.07, 6.45) is 4.29. The predicted octanol–water partition coefficient (Wildman–Crippen LogP) is 5.65. The number of nitrogens with zero attached hydrogens (tertiary/aromatic N) is 2. The molecule has 0 fully saturated rings. The highest BCUT2D eigenvalue weighted by atomic mass is 32.2. The Hall–Kier alpha value is -4.23. The van der Waals surface area contributed by atoms with E-state index in [4.69, 9.17) is 9.84 Å². The van der Waals surface area contributed by atoms with Crippen LogP contribution in [0.15, 0.2) is 90.0 Å². The molecule has 1 aliphatic rings. The molecule has 0 N–H and O–H groups in total. The minimum Gasteiger partial charge on any atom is -0.465 e. The molecule has 0 bridgehead atoms. The van der Waals surface area contributed by atoms with E-state index in [0.29, 0.717) is 18.4 Å². The van der Waals surface area contributed by atoms with Gasteiger partial charge >= 0.3 is 5.97 Å². The zero-order valence-electron chi connectivity index (χ0n) is 20.4. The molecule has 0 atom stereocenters. The van der Waals surface area contributed by atoms with Gasteiger partial charge in [-0.15, -0.1) is 0 Å². The van der Waals surface area contributed by atoms with Crippen molar-refractivity contribution in [1.82, 2.24) is 9.78 Å². The average Bonchev–Trinajstić information content (AvgIpc) is 3.36. The number of hydrogen-bond donors (Lipinski definition) is 0. The second-order valence-corrected chi connectivity index (χ2v) is 11.2. The lowest BCUT2D eigenvalue weighted by molar-refractivity contribution is 0.0597. The van der Waals surface area contributed by atoms with E-state index in [-0.39, 0.29) is 10.5 Å². The molecule has 1 aliphatic carbocycles. The molecule has 0 unspecified atom stereocenters. The molecule has 1 aromatic heterocycles. The molecular formula is C30H24N2O4S. The van der Waals surface area contributed by atoms with Gasteiger partial charge in [0.1, 0.15) is 0 Å². The standard InChI is InChI=1S/C30H24N2O4S/c1-36-30(33)29-27(37(2,34)35)17-24(22-14-8-10-19-9-6-7-13-21(19)22)23-15-16-26-25(28(23)29)18-32(31-26)20-11-4-3-5-12-20/h3-14,17-18H,15-16H2,1-2H3. The molecule has 7 heteroatoms. The van der Waals surface area contributed by atoms with Crippen LogP contribution in [0.4, 0.5) is 0 Å². The van der Waals surface area contributed by atoms with Crippen LogP contribution in [0.5, 0.6) is 0 Å². The number of aromatic nitrogens is 2. The average molecular weight is 509 g/mol. The summed E-state index contributed by atoms with van der Waals surface area (Å²) in [5.74, 6) is -0.679. The van der Waals surface area contributed by atoms with Crippen molar-refractivity contribution in [3.05, 3.63) is 102 Å². The highest BCUT2D eigenvalue weighted by Crippen LogP contribution is 2.45. The Morgan fingerprint density at radius 3 is 2.38 bits per heavy atom. The maximum absolute atomic E-state index is 13.2. The Kier molecular flexibility index (Phi) is 5.46. The number of para-hydroxylation sites is 1. The SMILES string of the molecule is COC(=O)c1c(S(C)(=O)=O)cc(-c2cccc3ccccc23)c2c1-c1cn(-c3ccccc3)nc1CC2. The van der Waals surface area contributed by atoms with Crippen molar-refractivity contribution in [2.24, 2.45) is 0 Å². The number of fused-ring (bicyclic) bond motifs is 4. The molecule has 4 aromatic carbocycles. The topological polar surface area (TPSA) is 78.3 Å². The summed E-state index contributed by atoms with van der Waals surface area (Å²) in [5.41, 5.74) is 5.75. The van der Waals surface area contributed by atoms with Crippen LogP contribution in [0, 0.1) is 0 Å². The van der Waals surface area contributed by atoms with Crippen molar-refractivity contribution in [3.63, 3.8) is 0 Å². The van der Waals surface area contributed by atoms with Gasteiger partial charge in [-0.2, -0.15) is 5.10 Å². The molecule has 6 nitrogen and oxygen atoms in total. The van der Waals surface area contributed by atoms with Gasteiger partial charge in [0.25, 0.3) is 0 Å². The van der Waals surface area contributed by atoms with E-state index >= 15 is 0 Å². The Morgan fingerprint density at radius 2 is 1.62 bits per heavy atom. The quantitative estimate of drug-likeness (QED) is 0.293. The molecule has 184 valence electrons. The van der Waals surface area contributed by atoms with Crippen molar-refractivity contribution >= 4 is 26.6 Å². The first-order chi connectivity index (χ1) is 17.9. The summed E-state index contributed by atoms with van der Waals surface area (Å²) in [4.78, 5) is 13.1. The van der Waals surface area contributed by atoms with E-state index in [2.05, 4.69) is 0 Å². The molecular weight excluding hydrogens is 484 g/mol. The Balaban J connectivity index is 1.73. The van der Waals surface area contributed by atoms with Crippen LogP contribution in [-0.4, -0.2) is 37.5 Å². The lowest BCUT2D eigenvalue weighted by Crippen LogP contribution is -2.17. The number of hydrogen-bond acceptors (Lipinski definition) is 5. The van der Waals surface area contributed by atoms with Crippen LogP contribution >= 0.6 is 0 Å². The second kappa shape index (κ2) is 8.71. The van der Waals surface area contributed by atoms with Crippen LogP contribution in [0.2, 0.25) is 0 Å². The van der Waals surface area contributed by atoms with Gasteiger partial charge in [0.15, 0.2) is 9.84 Å². The van der Waals surface area contributed by atoms with Gasteiger partial charge in [-0.3, -0.25) is 0 Å². The van der Waals surface area contributed by atoms with E-state index in [1.165, 1.54) is 7.11 Å². The third-order valence-corrected chi connectivity index (χ3v) is 8.08. The maximum Gasteiger partial charge on any atom is 0.339 e. The number of methoxy groups -OCH3 is 1. The Morgan fingerprint density at radius 1 is 0.892 bits per heavy atom. The highest BCUT2D eigenvalue weighted by molar-refractivity contribution is 7.90. The summed E-state index contributed by atoms with van der Waals surface area (Å²) < 4.78 is 33.1. The van der Waals surface area contributed by atoms with Gasteiger partial charge in [-0.05, 0) is 58.5 Å². The van der Waals surface area contributed by atoms with Gasteiger partial charge < -0.3 is 4.74 Å². The maximum atomic E-state index is 13.2. The van der Waals surface area contributed by atoms with Crippen LogP contribution in [0.3, 0.4) is 0 Å². The fourth-order valence-corrected chi connectivity index (χ4v) is 6.20. The third-order valence-electron chi connectivity index (χ3n) is 6.96. The zero-order chi connectivity index (χ0) is 25.7. The molecule has 37 heavy (non-hydrogen) atoms. The number of esters is 1. The zero-order valence-corrected chi connectivity index (χ0v) is 21.2. The van der Waals surface area contributed by atoms with Crippen LogP contribution in [-0.2, 0) is 27.4 Å². The summed E-state index contributed by atoms with van der Waals surface area (Å²) in [5, 5.41) is 6.88. The smallest absolute Gasteiger partial charge is 0.339 e. The Labute approximate surface area is 215 Å². The monoisotopic (exact) mass is 508 g/mol. The highest BCUT2D eigenvalue weighted by Gasteiger charge is 2.33. The van der Waals surface area contributed by atoms with Crippen molar-refractivity contribution < 1.29 is 17.9 Å². The van der Waals surface area contributed by atoms with E-state index in [0.717, 1.165) is 50.7 Å². The van der Waals surface area contributed by atoms with Crippen molar-refractivity contribution in [3.8, 4) is 27.9 Å². The summed E-state index contributed by atoms with van der Waals surface area (Å²) in [6, 6.07) is 25.4. The summed E-state index contributed by atoms with van der Waals surface area (Å²) >= 11 is 0. The first-order valence-electron chi connectivity index (χ1n) is 12.0. The molecule has 5 aromatic rings. The fourth-order valence-electron chi connectivity index (χ4n) is 5.31. The molecule has 0 amide bonds. The molecule has 0 spiro atoms. The van der Waals surface area contributed by atoms with Crippen LogP contribution in [0.1, 0.15) is 21.6 Å². The first kappa shape index (κ1) is 23.2. The number of sulfone groups is 1. The van der Waals surface area contributed by atoms with Gasteiger partial charge in [0, 0.05) is 23.6 Å². The van der Waals surface area contributed by atoms with E-state index < -0.39 is 15.8 Å². The minimum absolute atomic E-state index is 0.0404. The fraction of sp³-hybridized carbons (Fsp3) is 0.133. The molecule has 0 radical (unpaired) electrons. The summed E-state index contributed by atoms with van der Waals surface area (Å²) in [7, 11) is -2.51. The van der Waals surface area contributed by atoms with Crippen LogP contribution < -0.4 is 0 Å². The molecule has 0 saturated carbocycles. The first-order valence-corrected chi connectivity index (χ1v) is 13.9. The van der Waals surface area contributed by atoms with Crippen molar-refractivity contribution in [2.75, 3.05) is 13.4 Å². The summed E-state index contributed by atoms with van der Waals surface area (Å²) in [6.45, 7) is 0. The van der Waals surface area contributed by atoms with E-state index in [9.17, 15) is 13.2 Å². The molecule has 6 rings (SSSR count). The second-order valence-electron chi connectivity index (χ2n) is 9.21. The lowest BCUT2D eigenvalue weighted by Gasteiger charge is -2.24. The largest absolute Gasteiger partial charge is 0.465 e. The molecule has 1 heterocycles. The van der Waals surface area contributed by atoms with Crippen molar-refractivity contribution in [2.45, 2.75) is 17.7 Å². The number of benzene rings is 4. The minimum atomic E-state index is -3.78. The normalized spacial score (nSPS) is 12.7. The van der Waals surface area contributed by atoms with Gasteiger partial charge in [0.05, 0.1) is 29.0 Å². The van der Waals surface area contributed by atoms with Gasteiger partial charge in [-0.1, -0.05) is 60.7 Å². The number of rotatable bonds is 4. The van der Waals surface area contributed by atoms with Crippen molar-refractivity contribution in [1.29, 1.82) is 0 Å².